The van der Waals surface area contributed by atoms with Crippen molar-refractivity contribution in [3.8, 4) is 0 Å². The molecule has 1 saturated carbocycles. The summed E-state index contributed by atoms with van der Waals surface area (Å²) in [5.74, 6) is -0.700. The number of alkyl halides is 7. The van der Waals surface area contributed by atoms with Crippen molar-refractivity contribution < 1.29 is 43.5 Å². The van der Waals surface area contributed by atoms with Crippen LogP contribution in [-0.2, 0) is 20.3 Å². The van der Waals surface area contributed by atoms with E-state index in [-0.39, 0.29) is 48.5 Å². The molecule has 3 rings (SSSR count). The molecule has 0 unspecified atom stereocenters. The second-order valence-electron chi connectivity index (χ2n) is 8.84. The van der Waals surface area contributed by atoms with Crippen molar-refractivity contribution in [3.63, 3.8) is 0 Å². The molecule has 0 aromatic heterocycles. The number of hydrogen-bond acceptors (Lipinski definition) is 3. The lowest BCUT2D eigenvalue weighted by atomic mass is 9.74. The van der Waals surface area contributed by atoms with Gasteiger partial charge in [0.15, 0.2) is 9.84 Å². The summed E-state index contributed by atoms with van der Waals surface area (Å²) in [5.41, 5.74) is -2.10. The minimum Gasteiger partial charge on any atom is -0.325 e. The summed E-state index contributed by atoms with van der Waals surface area (Å²) < 4.78 is 132. The zero-order valence-electron chi connectivity index (χ0n) is 18.2. The molecule has 13 heteroatoms. The molecule has 0 saturated heterocycles. The number of sulfone groups is 1. The smallest absolute Gasteiger partial charge is 0.325 e. The molecule has 0 heterocycles. The first-order chi connectivity index (χ1) is 15.4. The van der Waals surface area contributed by atoms with Crippen molar-refractivity contribution in [2.45, 2.75) is 65.8 Å². The third-order valence-electron chi connectivity index (χ3n) is 6.43. The summed E-state index contributed by atoms with van der Waals surface area (Å²) in [4.78, 5) is -0.274. The van der Waals surface area contributed by atoms with Crippen molar-refractivity contribution in [2.24, 2.45) is 5.73 Å². The highest BCUT2D eigenvalue weighted by Gasteiger charge is 2.73. The topological polar surface area (TPSA) is 60.2 Å². The van der Waals surface area contributed by atoms with Crippen LogP contribution in [0.15, 0.2) is 53.4 Å². The van der Waals surface area contributed by atoms with Gasteiger partial charge in [-0.2, -0.15) is 26.3 Å². The molecule has 2 aromatic rings. The van der Waals surface area contributed by atoms with Crippen molar-refractivity contribution in [1.29, 1.82) is 0 Å². The van der Waals surface area contributed by atoms with Crippen molar-refractivity contribution in [1.82, 2.24) is 0 Å². The zero-order chi connectivity index (χ0) is 25.8. The van der Waals surface area contributed by atoms with Crippen LogP contribution in [0.1, 0.15) is 43.7 Å². The summed E-state index contributed by atoms with van der Waals surface area (Å²) in [6, 6.07) is 6.02. The molecule has 2 N–H and O–H groups in total. The predicted octanol–water partition coefficient (Wildman–Crippen LogP) is 6.50. The fourth-order valence-corrected chi connectivity index (χ4v) is 6.40. The summed E-state index contributed by atoms with van der Waals surface area (Å²) >= 11 is 0. The van der Waals surface area contributed by atoms with E-state index < -0.39 is 49.5 Å². The molecule has 0 atom stereocenters. The minimum absolute atomic E-state index is 0. The Bertz CT molecular complexity index is 1120. The summed E-state index contributed by atoms with van der Waals surface area (Å²) in [6.07, 6.45) is -12.4. The Labute approximate surface area is 203 Å². The van der Waals surface area contributed by atoms with Gasteiger partial charge in [-0.15, -0.1) is 12.4 Å². The highest BCUT2D eigenvalue weighted by Crippen LogP contribution is 2.54. The van der Waals surface area contributed by atoms with Crippen LogP contribution in [0.4, 0.5) is 35.1 Å². The third-order valence-corrected chi connectivity index (χ3v) is 8.99. The van der Waals surface area contributed by atoms with Gasteiger partial charge in [0, 0.05) is 11.1 Å². The Morgan fingerprint density at radius 3 is 1.60 bits per heavy atom. The van der Waals surface area contributed by atoms with Gasteiger partial charge in [0.2, 0.25) is 0 Å². The van der Waals surface area contributed by atoms with Gasteiger partial charge in [-0.3, -0.25) is 0 Å². The van der Waals surface area contributed by atoms with Gasteiger partial charge in [-0.05, 0) is 62.4 Å². The lowest BCUT2D eigenvalue weighted by Crippen LogP contribution is -2.50. The molecule has 2 aromatic carbocycles. The SMILES string of the molecule is CC1(N)CCC(c2ccc(C(F)(C(F)(F)F)C(F)(F)F)cc2)(S(=O)(=O)c2ccc(F)cc2)CC1.Cl. The Balaban J connectivity index is 0.00000432. The Morgan fingerprint density at radius 2 is 1.20 bits per heavy atom. The quantitative estimate of drug-likeness (QED) is 0.349. The number of hydrogen-bond donors (Lipinski definition) is 1. The monoisotopic (exact) mass is 551 g/mol. The first kappa shape index (κ1) is 29.3. The fraction of sp³-hybridized carbons (Fsp3) is 0.455. The highest BCUT2D eigenvalue weighted by atomic mass is 35.5. The van der Waals surface area contributed by atoms with Crippen molar-refractivity contribution >= 4 is 22.2 Å². The van der Waals surface area contributed by atoms with E-state index in [0.717, 1.165) is 36.4 Å². The number of benzene rings is 2. The summed E-state index contributed by atoms with van der Waals surface area (Å²) in [5, 5.41) is 0. The molecule has 196 valence electrons. The molecule has 0 radical (unpaired) electrons. The molecule has 1 aliphatic carbocycles. The molecule has 35 heavy (non-hydrogen) atoms. The van der Waals surface area contributed by atoms with Gasteiger partial charge in [0.05, 0.1) is 4.90 Å². The zero-order valence-corrected chi connectivity index (χ0v) is 19.8. The Kier molecular flexibility index (Phi) is 7.69. The maximum Gasteiger partial charge on any atom is 0.435 e. The average Bonchev–Trinajstić information content (AvgIpc) is 2.72. The lowest BCUT2D eigenvalue weighted by molar-refractivity contribution is -0.348. The standard InChI is InChI=1S/C22H21F8NO2S.ClH/c1-18(31)10-12-19(13-11-18,34(32,33)17-8-6-16(23)7-9-17)14-2-4-15(5-3-14)20(24,21(25,26)27)22(28,29)30;/h2-9H,10-13,31H2,1H3;1H. The summed E-state index contributed by atoms with van der Waals surface area (Å²) in [6.45, 7) is 1.69. The van der Waals surface area contributed by atoms with E-state index in [0.29, 0.717) is 12.1 Å². The minimum atomic E-state index is -6.29. The molecular formula is C22H22ClF8NO2S. The average molecular weight is 552 g/mol. The van der Waals surface area contributed by atoms with Gasteiger partial charge in [-0.25, -0.2) is 17.2 Å². The molecule has 0 aliphatic heterocycles. The van der Waals surface area contributed by atoms with Crippen LogP contribution in [0.5, 0.6) is 0 Å². The van der Waals surface area contributed by atoms with Crippen molar-refractivity contribution in [3.05, 3.63) is 65.5 Å². The van der Waals surface area contributed by atoms with E-state index in [1.54, 1.807) is 6.92 Å². The van der Waals surface area contributed by atoms with Crippen LogP contribution in [-0.4, -0.2) is 26.3 Å². The first-order valence-corrected chi connectivity index (χ1v) is 11.6. The molecule has 0 amide bonds. The number of halogens is 9. The largest absolute Gasteiger partial charge is 0.435 e. The molecule has 1 aliphatic rings. The highest BCUT2D eigenvalue weighted by molar-refractivity contribution is 7.92. The molecule has 0 spiro atoms. The van der Waals surface area contributed by atoms with Crippen molar-refractivity contribution in [2.75, 3.05) is 0 Å². The third kappa shape index (κ3) is 4.89. The predicted molar refractivity (Wildman–Crippen MR) is 115 cm³/mol. The Hall–Kier alpha value is -1.92. The lowest BCUT2D eigenvalue weighted by Gasteiger charge is -2.43. The van der Waals surface area contributed by atoms with Crippen LogP contribution in [0.25, 0.3) is 0 Å². The van der Waals surface area contributed by atoms with Gasteiger partial charge in [0.25, 0.3) is 0 Å². The second-order valence-corrected chi connectivity index (χ2v) is 11.1. The maximum absolute atomic E-state index is 14.4. The van der Waals surface area contributed by atoms with Gasteiger partial charge >= 0.3 is 18.0 Å². The van der Waals surface area contributed by atoms with Gasteiger partial charge < -0.3 is 5.73 Å². The normalized spacial score (nSPS) is 24.1. The summed E-state index contributed by atoms with van der Waals surface area (Å²) in [7, 11) is -4.31. The van der Waals surface area contributed by atoms with Crippen LogP contribution >= 0.6 is 12.4 Å². The van der Waals surface area contributed by atoms with Gasteiger partial charge in [-0.1, -0.05) is 24.3 Å². The van der Waals surface area contributed by atoms with E-state index in [1.165, 1.54) is 0 Å². The first-order valence-electron chi connectivity index (χ1n) is 10.1. The molecule has 0 bridgehead atoms. The maximum atomic E-state index is 14.4. The van der Waals surface area contributed by atoms with E-state index in [4.69, 9.17) is 5.73 Å². The van der Waals surface area contributed by atoms with E-state index >= 15 is 0 Å². The fourth-order valence-electron chi connectivity index (χ4n) is 4.27. The second kappa shape index (κ2) is 9.19. The van der Waals surface area contributed by atoms with Crippen LogP contribution < -0.4 is 5.73 Å². The van der Waals surface area contributed by atoms with Crippen LogP contribution in [0, 0.1) is 5.82 Å². The van der Waals surface area contributed by atoms with Crippen LogP contribution in [0.2, 0.25) is 0 Å². The van der Waals surface area contributed by atoms with Crippen LogP contribution in [0.3, 0.4) is 0 Å². The molecule has 3 nitrogen and oxygen atoms in total. The van der Waals surface area contributed by atoms with E-state index in [2.05, 4.69) is 0 Å². The van der Waals surface area contributed by atoms with Gasteiger partial charge in [0.1, 0.15) is 10.6 Å². The van der Waals surface area contributed by atoms with E-state index in [9.17, 15) is 43.5 Å². The Morgan fingerprint density at radius 1 is 0.771 bits per heavy atom. The molecular weight excluding hydrogens is 530 g/mol. The molecule has 1 fully saturated rings. The van der Waals surface area contributed by atoms with E-state index in [1.807, 2.05) is 0 Å². The number of nitrogens with two attached hydrogens (primary N) is 1. The number of rotatable bonds is 4.